The molecule has 3 N–H and O–H groups in total. The average Bonchev–Trinajstić information content (AvgIpc) is 2.46. The highest BCUT2D eigenvalue weighted by Crippen LogP contribution is 2.31. The van der Waals surface area contributed by atoms with E-state index in [2.05, 4.69) is 5.43 Å². The van der Waals surface area contributed by atoms with Crippen molar-refractivity contribution in [3.05, 3.63) is 70.2 Å². The van der Waals surface area contributed by atoms with E-state index in [-0.39, 0.29) is 0 Å². The van der Waals surface area contributed by atoms with Gasteiger partial charge in [-0.1, -0.05) is 41.9 Å². The molecule has 2 aromatic carbocycles. The van der Waals surface area contributed by atoms with Crippen LogP contribution in [0.15, 0.2) is 48.5 Å². The van der Waals surface area contributed by atoms with E-state index in [1.165, 1.54) is 6.07 Å². The van der Waals surface area contributed by atoms with Crippen LogP contribution < -0.4 is 11.3 Å². The first kappa shape index (κ1) is 15.8. The topological polar surface area (TPSA) is 38.0 Å². The molecule has 2 rings (SSSR count). The van der Waals surface area contributed by atoms with Gasteiger partial charge in [0.05, 0.1) is 11.6 Å². The van der Waals surface area contributed by atoms with Crippen molar-refractivity contribution in [3.8, 4) is 0 Å². The van der Waals surface area contributed by atoms with Gasteiger partial charge in [-0.15, -0.1) is 0 Å². The van der Waals surface area contributed by atoms with Crippen LogP contribution >= 0.6 is 11.6 Å². The zero-order valence-corrected chi connectivity index (χ0v) is 11.7. The lowest BCUT2D eigenvalue weighted by molar-refractivity contribution is -0.137. The van der Waals surface area contributed by atoms with E-state index in [0.717, 1.165) is 17.7 Å². The van der Waals surface area contributed by atoms with Gasteiger partial charge in [-0.25, -0.2) is 0 Å². The van der Waals surface area contributed by atoms with Crippen molar-refractivity contribution < 1.29 is 13.2 Å². The van der Waals surface area contributed by atoms with Crippen LogP contribution in [-0.4, -0.2) is 0 Å². The van der Waals surface area contributed by atoms with E-state index >= 15 is 0 Å². The maximum absolute atomic E-state index is 12.8. The van der Waals surface area contributed by atoms with Gasteiger partial charge in [0.1, 0.15) is 0 Å². The number of halogens is 4. The third-order valence-electron chi connectivity index (χ3n) is 3.20. The van der Waals surface area contributed by atoms with Gasteiger partial charge in [0.2, 0.25) is 0 Å². The minimum Gasteiger partial charge on any atom is -0.271 e. The Labute approximate surface area is 125 Å². The summed E-state index contributed by atoms with van der Waals surface area (Å²) in [5.41, 5.74) is 3.14. The zero-order chi connectivity index (χ0) is 15.5. The van der Waals surface area contributed by atoms with E-state index in [1.54, 1.807) is 18.2 Å². The fourth-order valence-electron chi connectivity index (χ4n) is 2.09. The summed E-state index contributed by atoms with van der Waals surface area (Å²) < 4.78 is 38.3. The third-order valence-corrected chi connectivity index (χ3v) is 3.57. The van der Waals surface area contributed by atoms with Crippen molar-refractivity contribution in [2.75, 3.05) is 0 Å². The van der Waals surface area contributed by atoms with Crippen LogP contribution in [0.1, 0.15) is 22.7 Å². The summed E-state index contributed by atoms with van der Waals surface area (Å²) in [5, 5.41) is 0.560. The Balaban J connectivity index is 2.28. The quantitative estimate of drug-likeness (QED) is 0.658. The molecule has 0 aliphatic carbocycles. The van der Waals surface area contributed by atoms with Crippen LogP contribution in [0.5, 0.6) is 0 Å². The molecule has 112 valence electrons. The highest BCUT2D eigenvalue weighted by molar-refractivity contribution is 6.31. The van der Waals surface area contributed by atoms with Gasteiger partial charge >= 0.3 is 6.18 Å². The summed E-state index contributed by atoms with van der Waals surface area (Å²) in [7, 11) is 0. The van der Waals surface area contributed by atoms with E-state index in [9.17, 15) is 13.2 Å². The molecular formula is C15H14ClF3N2. The van der Waals surface area contributed by atoms with Crippen LogP contribution in [0.3, 0.4) is 0 Å². The molecule has 0 heterocycles. The number of benzene rings is 2. The maximum Gasteiger partial charge on any atom is 0.416 e. The molecule has 0 radical (unpaired) electrons. The van der Waals surface area contributed by atoms with Crippen LogP contribution in [-0.2, 0) is 12.6 Å². The van der Waals surface area contributed by atoms with E-state index in [1.807, 2.05) is 12.1 Å². The van der Waals surface area contributed by atoms with Crippen LogP contribution in [0, 0.1) is 0 Å². The Kier molecular flexibility index (Phi) is 4.88. The number of nitrogens with one attached hydrogen (secondary N) is 1. The summed E-state index contributed by atoms with van der Waals surface area (Å²) in [6.45, 7) is 0. The van der Waals surface area contributed by atoms with Crippen LogP contribution in [0.2, 0.25) is 5.02 Å². The summed E-state index contributed by atoms with van der Waals surface area (Å²) in [5.74, 6) is 5.49. The molecule has 21 heavy (non-hydrogen) atoms. The Morgan fingerprint density at radius 1 is 1.10 bits per heavy atom. The van der Waals surface area contributed by atoms with Gasteiger partial charge in [0.15, 0.2) is 0 Å². The SMILES string of the molecule is NNC(Cc1ccccc1Cl)c1cccc(C(F)(F)F)c1. The maximum atomic E-state index is 12.8. The second kappa shape index (κ2) is 6.47. The molecule has 1 atom stereocenters. The van der Waals surface area contributed by atoms with Crippen LogP contribution in [0.4, 0.5) is 13.2 Å². The fraction of sp³-hybridized carbons (Fsp3) is 0.200. The number of hydrazine groups is 1. The molecule has 0 aromatic heterocycles. The average molecular weight is 315 g/mol. The van der Waals surface area contributed by atoms with E-state index in [0.29, 0.717) is 17.0 Å². The molecule has 0 saturated heterocycles. The first-order chi connectivity index (χ1) is 9.91. The summed E-state index contributed by atoms with van der Waals surface area (Å²) in [4.78, 5) is 0. The standard InChI is InChI=1S/C15H14ClF3N2/c16-13-7-2-1-4-10(13)9-14(21-20)11-5-3-6-12(8-11)15(17,18)19/h1-8,14,21H,9,20H2. The van der Waals surface area contributed by atoms with Crippen LogP contribution in [0.25, 0.3) is 0 Å². The first-order valence-electron chi connectivity index (χ1n) is 6.28. The zero-order valence-electron chi connectivity index (χ0n) is 11.0. The summed E-state index contributed by atoms with van der Waals surface area (Å²) in [6.07, 6.45) is -3.98. The molecule has 0 spiro atoms. The number of rotatable bonds is 4. The Bertz CT molecular complexity index is 614. The van der Waals surface area contributed by atoms with Gasteiger partial charge < -0.3 is 0 Å². The predicted octanol–water partition coefficient (Wildman–Crippen LogP) is 4.11. The van der Waals surface area contributed by atoms with E-state index in [4.69, 9.17) is 17.4 Å². The third kappa shape index (κ3) is 3.97. The largest absolute Gasteiger partial charge is 0.416 e. The number of nitrogens with two attached hydrogens (primary N) is 1. The minimum atomic E-state index is -4.38. The first-order valence-corrected chi connectivity index (χ1v) is 6.66. The molecule has 0 aliphatic heterocycles. The number of hydrogen-bond donors (Lipinski definition) is 2. The Morgan fingerprint density at radius 2 is 1.81 bits per heavy atom. The highest BCUT2D eigenvalue weighted by Gasteiger charge is 2.30. The molecule has 0 bridgehead atoms. The Morgan fingerprint density at radius 3 is 2.43 bits per heavy atom. The lowest BCUT2D eigenvalue weighted by atomic mass is 9.97. The van der Waals surface area contributed by atoms with E-state index < -0.39 is 17.8 Å². The second-order valence-corrected chi connectivity index (χ2v) is 5.05. The van der Waals surface area contributed by atoms with Gasteiger partial charge in [-0.3, -0.25) is 11.3 Å². The van der Waals surface area contributed by atoms with Crippen molar-refractivity contribution in [2.24, 2.45) is 5.84 Å². The molecule has 0 amide bonds. The molecular weight excluding hydrogens is 301 g/mol. The molecule has 2 aromatic rings. The predicted molar refractivity (Wildman–Crippen MR) is 76.7 cm³/mol. The van der Waals surface area contributed by atoms with Gasteiger partial charge in [0, 0.05) is 5.02 Å². The van der Waals surface area contributed by atoms with Crippen molar-refractivity contribution >= 4 is 11.6 Å². The van der Waals surface area contributed by atoms with Crippen molar-refractivity contribution in [1.29, 1.82) is 0 Å². The highest BCUT2D eigenvalue weighted by atomic mass is 35.5. The molecule has 0 saturated carbocycles. The van der Waals surface area contributed by atoms with Gasteiger partial charge in [-0.05, 0) is 35.7 Å². The lowest BCUT2D eigenvalue weighted by Crippen LogP contribution is -2.29. The smallest absolute Gasteiger partial charge is 0.271 e. The van der Waals surface area contributed by atoms with Crippen molar-refractivity contribution in [3.63, 3.8) is 0 Å². The minimum absolute atomic E-state index is 0.400. The fourth-order valence-corrected chi connectivity index (χ4v) is 2.30. The van der Waals surface area contributed by atoms with Crippen molar-refractivity contribution in [2.45, 2.75) is 18.6 Å². The molecule has 6 heteroatoms. The number of alkyl halides is 3. The molecule has 0 aliphatic rings. The van der Waals surface area contributed by atoms with Crippen molar-refractivity contribution in [1.82, 2.24) is 5.43 Å². The molecule has 2 nitrogen and oxygen atoms in total. The van der Waals surface area contributed by atoms with Gasteiger partial charge in [0.25, 0.3) is 0 Å². The lowest BCUT2D eigenvalue weighted by Gasteiger charge is -2.18. The number of hydrogen-bond acceptors (Lipinski definition) is 2. The molecule has 1 unspecified atom stereocenters. The Hall–Kier alpha value is -1.56. The monoisotopic (exact) mass is 314 g/mol. The van der Waals surface area contributed by atoms with Gasteiger partial charge in [-0.2, -0.15) is 13.2 Å². The summed E-state index contributed by atoms with van der Waals surface area (Å²) in [6, 6.07) is 11.8. The normalized spacial score (nSPS) is 13.2. The molecule has 0 fully saturated rings. The summed E-state index contributed by atoms with van der Waals surface area (Å²) >= 11 is 6.07. The second-order valence-electron chi connectivity index (χ2n) is 4.64.